The Morgan fingerprint density at radius 2 is 1.19 bits per heavy atom. The SMILES string of the molecule is CC(=O)OCC(=O)C(OC(C)=O)(c1ccc(C)cc1)c1ccc(C)cc1. The van der Waals surface area contributed by atoms with Gasteiger partial charge in [0.2, 0.25) is 11.4 Å². The van der Waals surface area contributed by atoms with Gasteiger partial charge in [0.1, 0.15) is 0 Å². The molecule has 0 radical (unpaired) electrons. The number of hydrogen-bond donors (Lipinski definition) is 0. The van der Waals surface area contributed by atoms with Crippen molar-refractivity contribution < 1.29 is 23.9 Å². The quantitative estimate of drug-likeness (QED) is 0.745. The van der Waals surface area contributed by atoms with Gasteiger partial charge < -0.3 is 9.47 Å². The van der Waals surface area contributed by atoms with Gasteiger partial charge in [-0.1, -0.05) is 59.7 Å². The largest absolute Gasteiger partial charge is 0.458 e. The van der Waals surface area contributed by atoms with Crippen LogP contribution in [0.5, 0.6) is 0 Å². The Kier molecular flexibility index (Phi) is 5.93. The van der Waals surface area contributed by atoms with Crippen molar-refractivity contribution in [3.63, 3.8) is 0 Å². The number of aryl methyl sites for hydroxylation is 2. The minimum Gasteiger partial charge on any atom is -0.458 e. The molecule has 136 valence electrons. The van der Waals surface area contributed by atoms with Crippen molar-refractivity contribution in [2.24, 2.45) is 0 Å². The zero-order valence-electron chi connectivity index (χ0n) is 15.4. The van der Waals surface area contributed by atoms with E-state index in [1.54, 1.807) is 24.3 Å². The molecule has 0 fully saturated rings. The first-order valence-corrected chi connectivity index (χ1v) is 8.26. The molecule has 0 unspecified atom stereocenters. The van der Waals surface area contributed by atoms with Crippen LogP contribution in [0.1, 0.15) is 36.1 Å². The third-order valence-corrected chi connectivity index (χ3v) is 4.01. The van der Waals surface area contributed by atoms with Gasteiger partial charge in [0.15, 0.2) is 6.61 Å². The molecule has 0 saturated carbocycles. The van der Waals surface area contributed by atoms with E-state index in [0.29, 0.717) is 11.1 Å². The van der Waals surface area contributed by atoms with E-state index in [2.05, 4.69) is 0 Å². The lowest BCUT2D eigenvalue weighted by Gasteiger charge is -2.32. The fourth-order valence-electron chi connectivity index (χ4n) is 2.72. The van der Waals surface area contributed by atoms with Crippen LogP contribution >= 0.6 is 0 Å². The molecule has 26 heavy (non-hydrogen) atoms. The first-order chi connectivity index (χ1) is 12.3. The molecule has 5 nitrogen and oxygen atoms in total. The first-order valence-electron chi connectivity index (χ1n) is 8.26. The highest BCUT2D eigenvalue weighted by molar-refractivity contribution is 5.95. The molecule has 0 atom stereocenters. The van der Waals surface area contributed by atoms with Crippen molar-refractivity contribution in [2.75, 3.05) is 6.61 Å². The summed E-state index contributed by atoms with van der Waals surface area (Å²) in [6.45, 7) is 5.81. The molecule has 0 aliphatic heterocycles. The van der Waals surface area contributed by atoms with Crippen LogP contribution < -0.4 is 0 Å². The normalized spacial score (nSPS) is 10.9. The van der Waals surface area contributed by atoms with E-state index in [4.69, 9.17) is 9.47 Å². The molecule has 5 heteroatoms. The van der Waals surface area contributed by atoms with Crippen molar-refractivity contribution >= 4 is 17.7 Å². The predicted molar refractivity (Wildman–Crippen MR) is 96.5 cm³/mol. The summed E-state index contributed by atoms with van der Waals surface area (Å²) in [6.07, 6.45) is 0. The van der Waals surface area contributed by atoms with Crippen molar-refractivity contribution in [1.82, 2.24) is 0 Å². The molecule has 2 aromatic rings. The molecule has 0 spiro atoms. The molecule has 0 bridgehead atoms. The number of esters is 2. The number of benzene rings is 2. The van der Waals surface area contributed by atoms with Gasteiger partial charge in [-0.3, -0.25) is 14.4 Å². The summed E-state index contributed by atoms with van der Waals surface area (Å²) in [7, 11) is 0. The Hall–Kier alpha value is -2.95. The first kappa shape index (κ1) is 19.4. The zero-order valence-corrected chi connectivity index (χ0v) is 15.4. The van der Waals surface area contributed by atoms with Gasteiger partial charge in [0.05, 0.1) is 0 Å². The van der Waals surface area contributed by atoms with E-state index in [9.17, 15) is 14.4 Å². The minimum absolute atomic E-state index is 0.496. The number of ketones is 1. The van der Waals surface area contributed by atoms with Crippen molar-refractivity contribution in [2.45, 2.75) is 33.3 Å². The van der Waals surface area contributed by atoms with E-state index in [-0.39, 0.29) is 0 Å². The number of hydrogen-bond acceptors (Lipinski definition) is 5. The molecule has 0 aliphatic carbocycles. The molecular weight excluding hydrogens is 332 g/mol. The summed E-state index contributed by atoms with van der Waals surface area (Å²) < 4.78 is 10.5. The predicted octanol–water partition coefficient (Wildman–Crippen LogP) is 3.24. The average Bonchev–Trinajstić information content (AvgIpc) is 2.59. The Morgan fingerprint density at radius 1 is 0.769 bits per heavy atom. The number of carbonyl (C=O) groups excluding carboxylic acids is 3. The van der Waals surface area contributed by atoms with Gasteiger partial charge in [-0.15, -0.1) is 0 Å². The van der Waals surface area contributed by atoms with Crippen molar-refractivity contribution in [1.29, 1.82) is 0 Å². The molecule has 0 aromatic heterocycles. The van der Waals surface area contributed by atoms with Crippen molar-refractivity contribution in [3.05, 3.63) is 70.8 Å². The van der Waals surface area contributed by atoms with Crippen LogP contribution in [0.4, 0.5) is 0 Å². The van der Waals surface area contributed by atoms with Gasteiger partial charge in [0.25, 0.3) is 0 Å². The van der Waals surface area contributed by atoms with Crippen molar-refractivity contribution in [3.8, 4) is 0 Å². The summed E-state index contributed by atoms with van der Waals surface area (Å²) >= 11 is 0. The van der Waals surface area contributed by atoms with Gasteiger partial charge in [-0.25, -0.2) is 0 Å². The number of carbonyl (C=O) groups is 3. The molecule has 0 aliphatic rings. The highest BCUT2D eigenvalue weighted by atomic mass is 16.6. The molecule has 0 saturated heterocycles. The second kappa shape index (κ2) is 7.95. The Balaban J connectivity index is 2.67. The summed E-state index contributed by atoms with van der Waals surface area (Å²) in [4.78, 5) is 36.2. The summed E-state index contributed by atoms with van der Waals surface area (Å²) in [5.74, 6) is -1.72. The monoisotopic (exact) mass is 354 g/mol. The summed E-state index contributed by atoms with van der Waals surface area (Å²) in [5, 5.41) is 0. The lowest BCUT2D eigenvalue weighted by molar-refractivity contribution is -0.166. The van der Waals surface area contributed by atoms with Gasteiger partial charge in [-0.2, -0.15) is 0 Å². The Morgan fingerprint density at radius 3 is 1.54 bits per heavy atom. The lowest BCUT2D eigenvalue weighted by atomic mass is 9.82. The highest BCUT2D eigenvalue weighted by Gasteiger charge is 2.45. The summed E-state index contributed by atoms with van der Waals surface area (Å²) in [6, 6.07) is 14.3. The van der Waals surface area contributed by atoms with Gasteiger partial charge >= 0.3 is 11.9 Å². The number of ether oxygens (including phenoxy) is 2. The molecule has 0 heterocycles. The van der Waals surface area contributed by atoms with Crippen LogP contribution in [0.15, 0.2) is 48.5 Å². The average molecular weight is 354 g/mol. The fraction of sp³-hybridized carbons (Fsp3) is 0.286. The molecule has 2 aromatic carbocycles. The second-order valence-electron chi connectivity index (χ2n) is 6.21. The van der Waals surface area contributed by atoms with E-state index < -0.39 is 29.9 Å². The number of rotatable bonds is 6. The maximum absolute atomic E-state index is 13.1. The molecule has 2 rings (SSSR count). The maximum atomic E-state index is 13.1. The van der Waals surface area contributed by atoms with Crippen LogP contribution in [0.25, 0.3) is 0 Å². The smallest absolute Gasteiger partial charge is 0.304 e. The van der Waals surface area contributed by atoms with E-state index >= 15 is 0 Å². The van der Waals surface area contributed by atoms with Crippen LogP contribution in [-0.4, -0.2) is 24.3 Å². The fourth-order valence-corrected chi connectivity index (χ4v) is 2.72. The molecule has 0 amide bonds. The number of Topliss-reactive ketones (excluding diaryl/α,β-unsaturated/α-hetero) is 1. The lowest BCUT2D eigenvalue weighted by Crippen LogP contribution is -2.43. The van der Waals surface area contributed by atoms with Crippen LogP contribution in [-0.2, 0) is 29.5 Å². The Bertz CT molecular complexity index is 758. The highest BCUT2D eigenvalue weighted by Crippen LogP contribution is 2.36. The third kappa shape index (κ3) is 4.17. The van der Waals surface area contributed by atoms with Crippen LogP contribution in [0.3, 0.4) is 0 Å². The summed E-state index contributed by atoms with van der Waals surface area (Å²) in [5.41, 5.74) is 1.32. The van der Waals surface area contributed by atoms with E-state index in [1.807, 2.05) is 38.1 Å². The zero-order chi connectivity index (χ0) is 19.3. The maximum Gasteiger partial charge on any atom is 0.304 e. The van der Waals surface area contributed by atoms with E-state index in [1.165, 1.54) is 13.8 Å². The van der Waals surface area contributed by atoms with Gasteiger partial charge in [0, 0.05) is 25.0 Å². The third-order valence-electron chi connectivity index (χ3n) is 4.01. The van der Waals surface area contributed by atoms with E-state index in [0.717, 1.165) is 11.1 Å². The van der Waals surface area contributed by atoms with Crippen LogP contribution in [0, 0.1) is 13.8 Å². The van der Waals surface area contributed by atoms with Gasteiger partial charge in [-0.05, 0) is 13.8 Å². The standard InChI is InChI=1S/C21H22O5/c1-14-5-9-18(10-6-14)21(26-17(4)23,20(24)13-25-16(3)22)19-11-7-15(2)8-12-19/h5-12H,13H2,1-4H3. The minimum atomic E-state index is -1.68. The van der Waals surface area contributed by atoms with Crippen LogP contribution in [0.2, 0.25) is 0 Å². The topological polar surface area (TPSA) is 69.7 Å². The second-order valence-corrected chi connectivity index (χ2v) is 6.21. The Labute approximate surface area is 152 Å². The molecular formula is C21H22O5. The molecule has 0 N–H and O–H groups in total.